The van der Waals surface area contributed by atoms with E-state index in [0.717, 1.165) is 11.8 Å². The fourth-order valence-corrected chi connectivity index (χ4v) is 1.82. The highest BCUT2D eigenvalue weighted by Crippen LogP contribution is 2.23. The lowest BCUT2D eigenvalue weighted by Gasteiger charge is -2.09. The zero-order valence-corrected chi connectivity index (χ0v) is 12.2. The molecule has 0 unspecified atom stereocenters. The smallest absolute Gasteiger partial charge is 0.367 e. The lowest BCUT2D eigenvalue weighted by Crippen LogP contribution is -2.35. The average Bonchev–Trinajstić information content (AvgIpc) is 2.72. The number of esters is 1. The van der Waals surface area contributed by atoms with Crippen molar-refractivity contribution in [2.45, 2.75) is 19.9 Å². The number of allylic oxidation sites excluding steroid dienone is 1. The van der Waals surface area contributed by atoms with Crippen molar-refractivity contribution in [2.75, 3.05) is 19.0 Å². The molecule has 1 heterocycles. The Hall–Kier alpha value is -1.67. The summed E-state index contributed by atoms with van der Waals surface area (Å²) >= 11 is 0.796. The number of carbonyl (C=O) groups is 2. The van der Waals surface area contributed by atoms with Crippen LogP contribution >= 0.6 is 11.8 Å². The van der Waals surface area contributed by atoms with Gasteiger partial charge >= 0.3 is 11.3 Å². The van der Waals surface area contributed by atoms with Crippen molar-refractivity contribution < 1.29 is 28.5 Å². The van der Waals surface area contributed by atoms with E-state index < -0.39 is 17.3 Å². The molecule has 0 fully saturated rings. The summed E-state index contributed by atoms with van der Waals surface area (Å²) in [7, 11) is 0. The Balaban J connectivity index is 2.26. The summed E-state index contributed by atoms with van der Waals surface area (Å²) in [5, 5.41) is -0.564. The lowest BCUT2D eigenvalue weighted by atomic mass is 10.4. The quantitative estimate of drug-likeness (QED) is 0.737. The van der Waals surface area contributed by atoms with Crippen molar-refractivity contribution in [3.8, 4) is 0 Å². The van der Waals surface area contributed by atoms with Crippen LogP contribution in [0, 0.1) is 0 Å². The van der Waals surface area contributed by atoms with Crippen molar-refractivity contribution in [1.29, 1.82) is 0 Å². The lowest BCUT2D eigenvalue weighted by molar-refractivity contribution is -0.144. The molecule has 0 aromatic heterocycles. The molecule has 0 bridgehead atoms. The van der Waals surface area contributed by atoms with Gasteiger partial charge in [-0.15, -0.1) is 0 Å². The highest BCUT2D eigenvalue weighted by atomic mass is 32.2. The predicted molar refractivity (Wildman–Crippen MR) is 72.4 cm³/mol. The largest absolute Gasteiger partial charge is 0.465 e. The zero-order valence-electron chi connectivity index (χ0n) is 11.3. The Labute approximate surface area is 121 Å². The number of nitrogens with two attached hydrogens (primary N) is 1. The van der Waals surface area contributed by atoms with Gasteiger partial charge in [0.25, 0.3) is 5.95 Å². The number of rotatable bonds is 6. The number of ether oxygens (including phenoxy) is 4. The Morgan fingerprint density at radius 3 is 2.65 bits per heavy atom. The van der Waals surface area contributed by atoms with Crippen molar-refractivity contribution in [3.05, 3.63) is 24.0 Å². The first-order chi connectivity index (χ1) is 9.43. The second-order valence-corrected chi connectivity index (χ2v) is 4.72. The van der Waals surface area contributed by atoms with E-state index in [9.17, 15) is 9.59 Å². The predicted octanol–water partition coefficient (Wildman–Crippen LogP) is 1.50. The molecule has 8 heteroatoms. The highest BCUT2D eigenvalue weighted by Gasteiger charge is 2.21. The Kier molecular flexibility index (Phi) is 6.40. The Bertz CT molecular complexity index is 434. The van der Waals surface area contributed by atoms with Crippen LogP contribution in [0.15, 0.2) is 24.0 Å². The molecule has 112 valence electrons. The molecule has 1 aliphatic rings. The second-order valence-electron chi connectivity index (χ2n) is 3.76. The maximum atomic E-state index is 11.5. The number of hydrogen-bond acceptors (Lipinski definition) is 8. The monoisotopic (exact) mass is 303 g/mol. The fourth-order valence-electron chi connectivity index (χ4n) is 1.23. The van der Waals surface area contributed by atoms with Crippen LogP contribution in [-0.4, -0.2) is 36.3 Å². The summed E-state index contributed by atoms with van der Waals surface area (Å²) < 4.78 is 19.8. The van der Waals surface area contributed by atoms with Crippen LogP contribution < -0.4 is 5.73 Å². The second kappa shape index (κ2) is 7.81. The molecule has 0 aromatic carbocycles. The van der Waals surface area contributed by atoms with Crippen LogP contribution in [0.2, 0.25) is 0 Å². The standard InChI is InChI=1S/C12H17NO6S/c1-4-16-11(14)9(13)6-20-12(15)17-5-10-7(2)18-8(3)19-10/h9H,3-6,13H2,1-2H3/t9-/m0/s1. The van der Waals surface area contributed by atoms with Crippen LogP contribution in [0.5, 0.6) is 0 Å². The summed E-state index contributed by atoms with van der Waals surface area (Å²) in [5.74, 6) is 0.565. The molecule has 1 atom stereocenters. The Morgan fingerprint density at radius 1 is 1.40 bits per heavy atom. The molecule has 7 nitrogen and oxygen atoms in total. The van der Waals surface area contributed by atoms with Gasteiger partial charge in [-0.2, -0.15) is 0 Å². The van der Waals surface area contributed by atoms with Gasteiger partial charge in [-0.3, -0.25) is 4.79 Å². The zero-order chi connectivity index (χ0) is 15.1. The summed E-state index contributed by atoms with van der Waals surface area (Å²) in [6.45, 7) is 7.01. The van der Waals surface area contributed by atoms with Gasteiger partial charge in [0.05, 0.1) is 6.61 Å². The summed E-state index contributed by atoms with van der Waals surface area (Å²) in [6, 6.07) is -0.862. The van der Waals surface area contributed by atoms with Gasteiger partial charge in [-0.25, -0.2) is 4.79 Å². The third kappa shape index (κ3) is 5.14. The van der Waals surface area contributed by atoms with Crippen LogP contribution in [-0.2, 0) is 23.7 Å². The molecule has 2 N–H and O–H groups in total. The normalized spacial score (nSPS) is 15.4. The van der Waals surface area contributed by atoms with E-state index in [0.29, 0.717) is 11.5 Å². The van der Waals surface area contributed by atoms with Crippen LogP contribution in [0.25, 0.3) is 0 Å². The molecule has 1 aliphatic heterocycles. The third-order valence-corrected chi connectivity index (χ3v) is 3.07. The molecule has 0 spiro atoms. The maximum absolute atomic E-state index is 11.5. The van der Waals surface area contributed by atoms with E-state index in [1.807, 2.05) is 0 Å². The van der Waals surface area contributed by atoms with E-state index >= 15 is 0 Å². The number of carbonyl (C=O) groups excluding carboxylic acids is 2. The van der Waals surface area contributed by atoms with Crippen molar-refractivity contribution >= 4 is 23.0 Å². The number of thioether (sulfide) groups is 1. The molecule has 0 aliphatic carbocycles. The van der Waals surface area contributed by atoms with E-state index in [1.54, 1.807) is 13.8 Å². The third-order valence-electron chi connectivity index (χ3n) is 2.19. The molecule has 1 rings (SSSR count). The molecular formula is C12H17NO6S. The van der Waals surface area contributed by atoms with Gasteiger partial charge in [0.15, 0.2) is 12.4 Å². The van der Waals surface area contributed by atoms with Crippen molar-refractivity contribution in [3.63, 3.8) is 0 Å². The first kappa shape index (κ1) is 16.4. The molecule has 20 heavy (non-hydrogen) atoms. The van der Waals surface area contributed by atoms with E-state index in [4.69, 9.17) is 24.7 Å². The number of hydrogen-bond donors (Lipinski definition) is 1. The van der Waals surface area contributed by atoms with Gasteiger partial charge in [-0.1, -0.05) is 0 Å². The summed E-state index contributed by atoms with van der Waals surface area (Å²) in [6.07, 6.45) is 0. The molecule has 0 saturated heterocycles. The average molecular weight is 303 g/mol. The van der Waals surface area contributed by atoms with Crippen LogP contribution in [0.3, 0.4) is 0 Å². The van der Waals surface area contributed by atoms with E-state index in [2.05, 4.69) is 6.58 Å². The van der Waals surface area contributed by atoms with Gasteiger partial charge in [-0.05, 0) is 32.2 Å². The molecular weight excluding hydrogens is 286 g/mol. The maximum Gasteiger partial charge on any atom is 0.367 e. The van der Waals surface area contributed by atoms with Crippen molar-refractivity contribution in [2.24, 2.45) is 5.73 Å². The molecule has 0 radical (unpaired) electrons. The van der Waals surface area contributed by atoms with Gasteiger partial charge in [0.2, 0.25) is 0 Å². The Morgan fingerprint density at radius 2 is 2.10 bits per heavy atom. The van der Waals surface area contributed by atoms with Crippen molar-refractivity contribution in [1.82, 2.24) is 0 Å². The summed E-state index contributed by atoms with van der Waals surface area (Å²) in [5.41, 5.74) is 5.54. The van der Waals surface area contributed by atoms with E-state index in [-0.39, 0.29) is 24.9 Å². The van der Waals surface area contributed by atoms with Crippen LogP contribution in [0.1, 0.15) is 13.8 Å². The molecule has 0 amide bonds. The van der Waals surface area contributed by atoms with Gasteiger partial charge in [0.1, 0.15) is 11.8 Å². The molecule has 0 aromatic rings. The van der Waals surface area contributed by atoms with E-state index in [1.165, 1.54) is 0 Å². The highest BCUT2D eigenvalue weighted by molar-refractivity contribution is 8.13. The van der Waals surface area contributed by atoms with Gasteiger partial charge < -0.3 is 24.7 Å². The topological polar surface area (TPSA) is 97.1 Å². The minimum atomic E-state index is -0.862. The first-order valence-electron chi connectivity index (χ1n) is 5.90. The molecule has 0 saturated carbocycles. The minimum Gasteiger partial charge on any atom is -0.465 e. The summed E-state index contributed by atoms with van der Waals surface area (Å²) in [4.78, 5) is 22.7. The SMILES string of the molecule is C=C1OC(C)=C(COC(=O)SC[C@H](N)C(=O)OCC)O1. The first-order valence-corrected chi connectivity index (χ1v) is 6.88. The minimum absolute atomic E-state index is 0.0642. The fraction of sp³-hybridized carbons (Fsp3) is 0.500. The van der Waals surface area contributed by atoms with Crippen LogP contribution in [0.4, 0.5) is 4.79 Å². The van der Waals surface area contributed by atoms with Gasteiger partial charge in [0, 0.05) is 5.75 Å².